The summed E-state index contributed by atoms with van der Waals surface area (Å²) in [5.74, 6) is 2.19. The maximum Gasteiger partial charge on any atom is 0.187 e. The number of fused-ring (bicyclic) bond motifs is 1. The predicted molar refractivity (Wildman–Crippen MR) is 85.5 cm³/mol. The highest BCUT2D eigenvalue weighted by Crippen LogP contribution is 2.64. The van der Waals surface area contributed by atoms with E-state index in [0.29, 0.717) is 17.4 Å². The van der Waals surface area contributed by atoms with E-state index in [9.17, 15) is 0 Å². The number of rotatable bonds is 3. The van der Waals surface area contributed by atoms with Crippen LogP contribution in [0.25, 0.3) is 0 Å². The Hall–Kier alpha value is -1.31. The Morgan fingerprint density at radius 2 is 2.05 bits per heavy atom. The summed E-state index contributed by atoms with van der Waals surface area (Å²) in [6, 6.07) is 10.7. The van der Waals surface area contributed by atoms with Crippen LogP contribution in [0.15, 0.2) is 35.3 Å². The van der Waals surface area contributed by atoms with Gasteiger partial charge in [-0.2, -0.15) is 0 Å². The van der Waals surface area contributed by atoms with Gasteiger partial charge in [0.15, 0.2) is 5.90 Å². The number of benzene rings is 1. The van der Waals surface area contributed by atoms with Crippen LogP contribution < -0.4 is 0 Å². The molecule has 4 atom stereocenters. The summed E-state index contributed by atoms with van der Waals surface area (Å²) in [4.78, 5) is 5.19. The molecule has 0 N–H and O–H groups in total. The Balaban J connectivity index is 1.58. The second-order valence-electron chi connectivity index (χ2n) is 7.76. The van der Waals surface area contributed by atoms with Gasteiger partial charge in [0, 0.05) is 5.92 Å². The highest BCUT2D eigenvalue weighted by molar-refractivity contribution is 5.81. The Kier molecular flexibility index (Phi) is 2.76. The van der Waals surface area contributed by atoms with Crippen molar-refractivity contribution in [2.45, 2.75) is 58.1 Å². The van der Waals surface area contributed by atoms with Crippen LogP contribution >= 0.6 is 0 Å². The molecule has 1 aliphatic heterocycles. The van der Waals surface area contributed by atoms with Crippen LogP contribution in [0.2, 0.25) is 0 Å². The van der Waals surface area contributed by atoms with Crippen molar-refractivity contribution in [2.75, 3.05) is 0 Å². The van der Waals surface area contributed by atoms with Crippen molar-refractivity contribution in [3.8, 4) is 0 Å². The summed E-state index contributed by atoms with van der Waals surface area (Å²) < 4.78 is 6.33. The van der Waals surface area contributed by atoms with E-state index in [-0.39, 0.29) is 5.54 Å². The second-order valence-corrected chi connectivity index (χ2v) is 7.76. The minimum absolute atomic E-state index is 0.0813. The molecule has 1 aromatic carbocycles. The topological polar surface area (TPSA) is 21.6 Å². The maximum atomic E-state index is 6.33. The van der Waals surface area contributed by atoms with Gasteiger partial charge in [-0.3, -0.25) is 0 Å². The molecule has 0 amide bonds. The molecule has 1 spiro atoms. The first-order valence-corrected chi connectivity index (χ1v) is 8.33. The Morgan fingerprint density at radius 3 is 2.71 bits per heavy atom. The zero-order valence-electron chi connectivity index (χ0n) is 13.3. The zero-order valence-corrected chi connectivity index (χ0v) is 13.3. The first-order chi connectivity index (χ1) is 10.0. The van der Waals surface area contributed by atoms with Crippen molar-refractivity contribution in [1.29, 1.82) is 0 Å². The third-order valence-corrected chi connectivity index (χ3v) is 6.42. The van der Waals surface area contributed by atoms with Gasteiger partial charge in [0.25, 0.3) is 0 Å². The van der Waals surface area contributed by atoms with Gasteiger partial charge >= 0.3 is 0 Å². The molecule has 112 valence electrons. The summed E-state index contributed by atoms with van der Waals surface area (Å²) >= 11 is 0. The first-order valence-electron chi connectivity index (χ1n) is 8.33. The second kappa shape index (κ2) is 4.34. The lowest BCUT2D eigenvalue weighted by Crippen LogP contribution is -2.41. The molecule has 0 saturated heterocycles. The van der Waals surface area contributed by atoms with Gasteiger partial charge in [0.2, 0.25) is 0 Å². The van der Waals surface area contributed by atoms with Gasteiger partial charge in [0.1, 0.15) is 11.6 Å². The summed E-state index contributed by atoms with van der Waals surface area (Å²) in [6.45, 7) is 7.06. The molecule has 1 heterocycles. The van der Waals surface area contributed by atoms with E-state index >= 15 is 0 Å². The lowest BCUT2D eigenvalue weighted by Gasteiger charge is -2.33. The Bertz CT molecular complexity index is 576. The molecule has 2 heteroatoms. The molecule has 2 fully saturated rings. The van der Waals surface area contributed by atoms with Crippen molar-refractivity contribution in [3.63, 3.8) is 0 Å². The van der Waals surface area contributed by atoms with E-state index in [1.54, 1.807) is 0 Å². The molecule has 21 heavy (non-hydrogen) atoms. The van der Waals surface area contributed by atoms with E-state index in [4.69, 9.17) is 9.73 Å². The van der Waals surface area contributed by atoms with Gasteiger partial charge < -0.3 is 4.74 Å². The fourth-order valence-corrected chi connectivity index (χ4v) is 4.94. The average molecular weight is 283 g/mol. The van der Waals surface area contributed by atoms with Crippen LogP contribution in [-0.2, 0) is 11.2 Å². The average Bonchev–Trinajstić information content (AvgIpc) is 3.04. The molecular weight excluding hydrogens is 258 g/mol. The van der Waals surface area contributed by atoms with E-state index < -0.39 is 0 Å². The molecule has 0 aromatic heterocycles. The molecule has 1 aromatic rings. The normalized spacial score (nSPS) is 37.0. The lowest BCUT2D eigenvalue weighted by molar-refractivity contribution is 0.112. The molecule has 0 radical (unpaired) electrons. The van der Waals surface area contributed by atoms with E-state index in [1.807, 2.05) is 0 Å². The van der Waals surface area contributed by atoms with Gasteiger partial charge in [0.05, 0.1) is 0 Å². The molecular formula is C19H25NO. The zero-order chi connectivity index (χ0) is 14.7. The quantitative estimate of drug-likeness (QED) is 0.813. The van der Waals surface area contributed by atoms with Gasteiger partial charge in [-0.05, 0) is 42.6 Å². The summed E-state index contributed by atoms with van der Waals surface area (Å²) in [7, 11) is 0. The molecule has 1 unspecified atom stereocenters. The van der Waals surface area contributed by atoms with Gasteiger partial charge in [-0.25, -0.2) is 4.99 Å². The van der Waals surface area contributed by atoms with Crippen LogP contribution in [0.4, 0.5) is 0 Å². The van der Waals surface area contributed by atoms with Crippen LogP contribution in [0.1, 0.15) is 45.6 Å². The number of nitrogens with zero attached hydrogens (tertiary/aromatic N) is 1. The molecule has 3 aliphatic rings. The molecule has 2 nitrogen and oxygen atoms in total. The maximum absolute atomic E-state index is 6.33. The number of aliphatic imine (C=N–C) groups is 1. The van der Waals surface area contributed by atoms with Crippen molar-refractivity contribution < 1.29 is 4.74 Å². The van der Waals surface area contributed by atoms with Gasteiger partial charge in [-0.1, -0.05) is 51.1 Å². The van der Waals surface area contributed by atoms with E-state index in [0.717, 1.165) is 18.2 Å². The number of hydrogen-bond donors (Lipinski definition) is 0. The van der Waals surface area contributed by atoms with Crippen molar-refractivity contribution in [1.82, 2.24) is 0 Å². The number of hydrogen-bond acceptors (Lipinski definition) is 2. The summed E-state index contributed by atoms with van der Waals surface area (Å²) in [6.07, 6.45) is 5.12. The van der Waals surface area contributed by atoms with Crippen molar-refractivity contribution in [2.24, 2.45) is 22.2 Å². The summed E-state index contributed by atoms with van der Waals surface area (Å²) in [5, 5.41) is 0. The van der Waals surface area contributed by atoms with Crippen LogP contribution in [0, 0.1) is 17.3 Å². The Morgan fingerprint density at radius 1 is 1.29 bits per heavy atom. The van der Waals surface area contributed by atoms with Crippen molar-refractivity contribution in [3.05, 3.63) is 35.9 Å². The Labute approximate surface area is 127 Å². The number of ether oxygens (including phenoxy) is 1. The SMILES string of the molecule is CC(Cc1ccccc1)C1=N[C@]23CC[C@H](C[C@H]2O1)C3(C)C. The third-order valence-electron chi connectivity index (χ3n) is 6.42. The molecule has 4 rings (SSSR count). The highest BCUT2D eigenvalue weighted by Gasteiger charge is 2.68. The summed E-state index contributed by atoms with van der Waals surface area (Å²) in [5.41, 5.74) is 1.76. The fraction of sp³-hybridized carbons (Fsp3) is 0.632. The lowest BCUT2D eigenvalue weighted by atomic mass is 9.76. The van der Waals surface area contributed by atoms with Crippen LogP contribution in [-0.4, -0.2) is 17.5 Å². The van der Waals surface area contributed by atoms with Crippen LogP contribution in [0.3, 0.4) is 0 Å². The van der Waals surface area contributed by atoms with Gasteiger partial charge in [-0.15, -0.1) is 0 Å². The smallest absolute Gasteiger partial charge is 0.187 e. The fourth-order valence-electron chi connectivity index (χ4n) is 4.94. The predicted octanol–water partition coefficient (Wildman–Crippen LogP) is 4.24. The van der Waals surface area contributed by atoms with E-state index in [2.05, 4.69) is 51.1 Å². The molecule has 2 bridgehead atoms. The molecule has 2 aliphatic carbocycles. The first kappa shape index (κ1) is 13.4. The van der Waals surface area contributed by atoms with Crippen molar-refractivity contribution >= 4 is 5.90 Å². The third kappa shape index (κ3) is 1.74. The van der Waals surface area contributed by atoms with E-state index in [1.165, 1.54) is 24.8 Å². The standard InChI is InChI=1S/C19H25NO/c1-13(11-14-7-5-4-6-8-14)17-20-19-10-9-15(18(19,2)3)12-16(19)21-17/h4-8,13,15-16H,9-12H2,1-3H3/t13?,15-,16-,19-/m1/s1. The highest BCUT2D eigenvalue weighted by atomic mass is 16.5. The molecule has 2 saturated carbocycles. The minimum atomic E-state index is 0.0813. The minimum Gasteiger partial charge on any atom is -0.475 e. The monoisotopic (exact) mass is 283 g/mol. The van der Waals surface area contributed by atoms with Crippen LogP contribution in [0.5, 0.6) is 0 Å². The largest absolute Gasteiger partial charge is 0.475 e.